The standard InChI is InChI=1S/C19H22BrN/c1-13-6-5-8-15(14(13)2)16-10-11-21-12-18(16)17-7-3-4-9-19(17)20/h3-9,16,18,21H,10-12H2,1-2H3. The molecule has 0 aromatic heterocycles. The molecule has 21 heavy (non-hydrogen) atoms. The second kappa shape index (κ2) is 6.33. The van der Waals surface area contributed by atoms with Crippen LogP contribution in [0.1, 0.15) is 40.5 Å². The molecule has 0 amide bonds. The minimum absolute atomic E-state index is 0.537. The van der Waals surface area contributed by atoms with E-state index in [1.54, 1.807) is 0 Å². The van der Waals surface area contributed by atoms with Crippen molar-refractivity contribution in [3.05, 3.63) is 69.2 Å². The number of rotatable bonds is 2. The lowest BCUT2D eigenvalue weighted by atomic mass is 9.75. The monoisotopic (exact) mass is 343 g/mol. The van der Waals surface area contributed by atoms with E-state index in [1.807, 2.05) is 0 Å². The molecule has 3 rings (SSSR count). The number of benzene rings is 2. The van der Waals surface area contributed by atoms with Gasteiger partial charge in [0.2, 0.25) is 0 Å². The van der Waals surface area contributed by atoms with Crippen molar-refractivity contribution in [2.24, 2.45) is 0 Å². The van der Waals surface area contributed by atoms with Crippen LogP contribution in [0.2, 0.25) is 0 Å². The van der Waals surface area contributed by atoms with Crippen LogP contribution in [0.3, 0.4) is 0 Å². The van der Waals surface area contributed by atoms with Gasteiger partial charge in [0.25, 0.3) is 0 Å². The molecule has 1 saturated heterocycles. The Morgan fingerprint density at radius 3 is 2.52 bits per heavy atom. The van der Waals surface area contributed by atoms with Crippen molar-refractivity contribution in [1.82, 2.24) is 5.32 Å². The molecule has 2 atom stereocenters. The van der Waals surface area contributed by atoms with Gasteiger partial charge in [0.05, 0.1) is 0 Å². The van der Waals surface area contributed by atoms with E-state index in [1.165, 1.54) is 33.1 Å². The van der Waals surface area contributed by atoms with E-state index in [9.17, 15) is 0 Å². The van der Waals surface area contributed by atoms with Crippen molar-refractivity contribution in [3.63, 3.8) is 0 Å². The molecule has 0 spiro atoms. The molecular formula is C19H22BrN. The minimum Gasteiger partial charge on any atom is -0.316 e. The number of hydrogen-bond donors (Lipinski definition) is 1. The average Bonchev–Trinajstić information content (AvgIpc) is 2.51. The number of halogens is 1. The van der Waals surface area contributed by atoms with Gasteiger partial charge in [0.1, 0.15) is 0 Å². The van der Waals surface area contributed by atoms with Crippen LogP contribution >= 0.6 is 15.9 Å². The van der Waals surface area contributed by atoms with Gasteiger partial charge in [0.15, 0.2) is 0 Å². The van der Waals surface area contributed by atoms with Gasteiger partial charge >= 0.3 is 0 Å². The molecule has 1 nitrogen and oxygen atoms in total. The summed E-state index contributed by atoms with van der Waals surface area (Å²) >= 11 is 3.74. The predicted molar refractivity (Wildman–Crippen MR) is 93.0 cm³/mol. The highest BCUT2D eigenvalue weighted by molar-refractivity contribution is 9.10. The van der Waals surface area contributed by atoms with Gasteiger partial charge in [-0.25, -0.2) is 0 Å². The van der Waals surface area contributed by atoms with Crippen LogP contribution in [0.25, 0.3) is 0 Å². The maximum atomic E-state index is 3.74. The zero-order valence-corrected chi connectivity index (χ0v) is 14.3. The van der Waals surface area contributed by atoms with E-state index in [4.69, 9.17) is 0 Å². The summed E-state index contributed by atoms with van der Waals surface area (Å²) in [4.78, 5) is 0. The summed E-state index contributed by atoms with van der Waals surface area (Å²) in [5.74, 6) is 1.14. The van der Waals surface area contributed by atoms with Gasteiger partial charge in [-0.2, -0.15) is 0 Å². The third kappa shape index (κ3) is 2.93. The Hall–Kier alpha value is -1.12. The quantitative estimate of drug-likeness (QED) is 0.815. The fourth-order valence-electron chi connectivity index (χ4n) is 3.51. The molecule has 0 saturated carbocycles. The van der Waals surface area contributed by atoms with Crippen molar-refractivity contribution in [1.29, 1.82) is 0 Å². The van der Waals surface area contributed by atoms with E-state index in [2.05, 4.69) is 77.6 Å². The normalized spacial score (nSPS) is 22.2. The second-order valence-electron chi connectivity index (χ2n) is 6.02. The molecule has 1 aliphatic rings. The van der Waals surface area contributed by atoms with E-state index < -0.39 is 0 Å². The van der Waals surface area contributed by atoms with Crippen LogP contribution in [-0.2, 0) is 0 Å². The van der Waals surface area contributed by atoms with Crippen LogP contribution < -0.4 is 5.32 Å². The van der Waals surface area contributed by atoms with E-state index in [0.717, 1.165) is 13.1 Å². The first-order chi connectivity index (χ1) is 10.2. The molecule has 2 heteroatoms. The van der Waals surface area contributed by atoms with Gasteiger partial charge in [-0.05, 0) is 61.1 Å². The number of piperidine rings is 1. The summed E-state index contributed by atoms with van der Waals surface area (Å²) in [6, 6.07) is 15.4. The molecule has 2 aromatic rings. The summed E-state index contributed by atoms with van der Waals surface area (Å²) in [7, 11) is 0. The van der Waals surface area contributed by atoms with Gasteiger partial charge in [-0.3, -0.25) is 0 Å². The highest BCUT2D eigenvalue weighted by Gasteiger charge is 2.29. The predicted octanol–water partition coefficient (Wildman–Crippen LogP) is 4.93. The van der Waals surface area contributed by atoms with Crippen molar-refractivity contribution in [2.75, 3.05) is 13.1 Å². The third-order valence-electron chi connectivity index (χ3n) is 4.83. The van der Waals surface area contributed by atoms with Crippen molar-refractivity contribution < 1.29 is 0 Å². The first kappa shape index (κ1) is 14.8. The average molecular weight is 344 g/mol. The van der Waals surface area contributed by atoms with Gasteiger partial charge in [0, 0.05) is 16.9 Å². The Morgan fingerprint density at radius 1 is 0.952 bits per heavy atom. The van der Waals surface area contributed by atoms with Crippen LogP contribution in [0, 0.1) is 13.8 Å². The molecule has 0 aliphatic carbocycles. The molecule has 1 N–H and O–H groups in total. The minimum atomic E-state index is 0.537. The van der Waals surface area contributed by atoms with Crippen LogP contribution in [0.15, 0.2) is 46.9 Å². The van der Waals surface area contributed by atoms with Crippen LogP contribution in [0.4, 0.5) is 0 Å². The largest absolute Gasteiger partial charge is 0.316 e. The van der Waals surface area contributed by atoms with Crippen molar-refractivity contribution in [2.45, 2.75) is 32.1 Å². The Morgan fingerprint density at radius 2 is 1.71 bits per heavy atom. The fraction of sp³-hybridized carbons (Fsp3) is 0.368. The van der Waals surface area contributed by atoms with Gasteiger partial charge in [-0.1, -0.05) is 52.3 Å². The van der Waals surface area contributed by atoms with E-state index in [0.29, 0.717) is 11.8 Å². The van der Waals surface area contributed by atoms with Gasteiger partial charge in [-0.15, -0.1) is 0 Å². The molecule has 2 unspecified atom stereocenters. The highest BCUT2D eigenvalue weighted by atomic mass is 79.9. The Balaban J connectivity index is 2.03. The van der Waals surface area contributed by atoms with E-state index >= 15 is 0 Å². The summed E-state index contributed by atoms with van der Waals surface area (Å²) in [5, 5.41) is 3.57. The molecule has 1 heterocycles. The summed E-state index contributed by atoms with van der Waals surface area (Å²) in [6.45, 7) is 6.65. The summed E-state index contributed by atoms with van der Waals surface area (Å²) in [6.07, 6.45) is 1.20. The molecule has 0 radical (unpaired) electrons. The molecule has 1 fully saturated rings. The zero-order chi connectivity index (χ0) is 14.8. The third-order valence-corrected chi connectivity index (χ3v) is 5.55. The number of aryl methyl sites for hydroxylation is 1. The molecular weight excluding hydrogens is 322 g/mol. The SMILES string of the molecule is Cc1cccc(C2CCNCC2c2ccccc2Br)c1C. The maximum Gasteiger partial charge on any atom is 0.0210 e. The summed E-state index contributed by atoms with van der Waals surface area (Å²) in [5.41, 5.74) is 5.81. The summed E-state index contributed by atoms with van der Waals surface area (Å²) < 4.78 is 1.23. The topological polar surface area (TPSA) is 12.0 Å². The maximum absolute atomic E-state index is 3.74. The highest BCUT2D eigenvalue weighted by Crippen LogP contribution is 2.41. The fourth-order valence-corrected chi connectivity index (χ4v) is 4.09. The number of nitrogens with one attached hydrogen (secondary N) is 1. The molecule has 110 valence electrons. The zero-order valence-electron chi connectivity index (χ0n) is 12.7. The van der Waals surface area contributed by atoms with E-state index in [-0.39, 0.29) is 0 Å². The Labute approximate surface area is 135 Å². The Bertz CT molecular complexity index is 635. The molecule has 0 bridgehead atoms. The van der Waals surface area contributed by atoms with Crippen LogP contribution in [0.5, 0.6) is 0 Å². The van der Waals surface area contributed by atoms with Crippen molar-refractivity contribution >= 4 is 15.9 Å². The lowest BCUT2D eigenvalue weighted by Crippen LogP contribution is -2.34. The second-order valence-corrected chi connectivity index (χ2v) is 6.87. The smallest absolute Gasteiger partial charge is 0.0210 e. The molecule has 1 aliphatic heterocycles. The first-order valence-corrected chi connectivity index (χ1v) is 8.49. The molecule has 2 aromatic carbocycles. The first-order valence-electron chi connectivity index (χ1n) is 7.69. The van der Waals surface area contributed by atoms with Gasteiger partial charge < -0.3 is 5.32 Å². The Kier molecular flexibility index (Phi) is 4.46. The van der Waals surface area contributed by atoms with Crippen molar-refractivity contribution in [3.8, 4) is 0 Å². The number of hydrogen-bond acceptors (Lipinski definition) is 1. The lowest BCUT2D eigenvalue weighted by Gasteiger charge is -2.34. The lowest BCUT2D eigenvalue weighted by molar-refractivity contribution is 0.402. The van der Waals surface area contributed by atoms with Crippen LogP contribution in [-0.4, -0.2) is 13.1 Å².